The molecule has 1 atom stereocenters. The van der Waals surface area contributed by atoms with E-state index in [4.69, 9.17) is 0 Å². The third kappa shape index (κ3) is 4.36. The highest BCUT2D eigenvalue weighted by molar-refractivity contribution is 8.19. The van der Waals surface area contributed by atoms with Crippen molar-refractivity contribution in [1.82, 2.24) is 10.2 Å². The number of benzene rings is 1. The van der Waals surface area contributed by atoms with Crippen molar-refractivity contribution in [1.29, 1.82) is 0 Å². The summed E-state index contributed by atoms with van der Waals surface area (Å²) in [7, 11) is 4.08. The zero-order valence-corrected chi connectivity index (χ0v) is 16.3. The van der Waals surface area contributed by atoms with Crippen molar-refractivity contribution >= 4 is 40.8 Å². The van der Waals surface area contributed by atoms with Crippen molar-refractivity contribution in [3.05, 3.63) is 57.8 Å². The van der Waals surface area contributed by atoms with Crippen LogP contribution in [0.5, 0.6) is 0 Å². The number of rotatable bonds is 6. The van der Waals surface area contributed by atoms with Gasteiger partial charge in [0.25, 0.3) is 5.91 Å². The van der Waals surface area contributed by atoms with Crippen molar-refractivity contribution < 1.29 is 4.79 Å². The molecule has 1 saturated heterocycles. The maximum Gasteiger partial charge on any atom is 0.251 e. The first kappa shape index (κ1) is 17.9. The van der Waals surface area contributed by atoms with Crippen molar-refractivity contribution in [3.8, 4) is 0 Å². The van der Waals surface area contributed by atoms with Crippen LogP contribution in [0.15, 0.2) is 41.1 Å². The van der Waals surface area contributed by atoms with Gasteiger partial charge in [0, 0.05) is 23.6 Å². The number of thioether (sulfide) groups is 2. The molecule has 1 aliphatic heterocycles. The van der Waals surface area contributed by atoms with E-state index in [9.17, 15) is 4.79 Å². The van der Waals surface area contributed by atoms with E-state index in [1.54, 1.807) is 11.3 Å². The van der Waals surface area contributed by atoms with Gasteiger partial charge in [-0.05, 0) is 54.2 Å². The lowest BCUT2D eigenvalue weighted by molar-refractivity contribution is 0.0942. The molecule has 24 heavy (non-hydrogen) atoms. The summed E-state index contributed by atoms with van der Waals surface area (Å²) in [5, 5.41) is 7.29. The topological polar surface area (TPSA) is 32.3 Å². The third-order valence-corrected chi connectivity index (χ3v) is 7.88. The molecule has 1 aromatic carbocycles. The Balaban J connectivity index is 1.60. The summed E-state index contributed by atoms with van der Waals surface area (Å²) >= 11 is 5.65. The smallest absolute Gasteiger partial charge is 0.251 e. The minimum Gasteiger partial charge on any atom is -0.350 e. The van der Waals surface area contributed by atoms with E-state index >= 15 is 0 Å². The molecule has 1 amide bonds. The monoisotopic (exact) mass is 378 g/mol. The Morgan fingerprint density at radius 2 is 1.92 bits per heavy atom. The van der Waals surface area contributed by atoms with Crippen LogP contribution in [0.4, 0.5) is 0 Å². The highest BCUT2D eigenvalue weighted by Gasteiger charge is 2.19. The molecule has 1 N–H and O–H groups in total. The summed E-state index contributed by atoms with van der Waals surface area (Å²) in [5.74, 6) is 2.42. The van der Waals surface area contributed by atoms with E-state index in [1.165, 1.54) is 22.6 Å². The average Bonchev–Trinajstić information content (AvgIpc) is 3.28. The summed E-state index contributed by atoms with van der Waals surface area (Å²) in [4.78, 5) is 14.6. The molecule has 3 rings (SSSR count). The van der Waals surface area contributed by atoms with Crippen LogP contribution in [0.2, 0.25) is 0 Å². The Morgan fingerprint density at radius 3 is 2.50 bits per heavy atom. The summed E-state index contributed by atoms with van der Waals surface area (Å²) in [6, 6.07) is 10.4. The number of carbonyl (C=O) groups is 1. The van der Waals surface area contributed by atoms with Crippen LogP contribution < -0.4 is 5.32 Å². The Labute approximate surface area is 156 Å². The van der Waals surface area contributed by atoms with Crippen LogP contribution in [-0.4, -0.2) is 43.0 Å². The maximum atomic E-state index is 12.4. The van der Waals surface area contributed by atoms with E-state index in [0.717, 1.165) is 5.56 Å². The first-order chi connectivity index (χ1) is 11.6. The largest absolute Gasteiger partial charge is 0.350 e. The van der Waals surface area contributed by atoms with Gasteiger partial charge in [0.05, 0.1) is 10.6 Å². The molecular formula is C18H22N2OS3. The molecule has 0 bridgehead atoms. The summed E-state index contributed by atoms with van der Waals surface area (Å²) in [6.07, 6.45) is 0. The predicted molar refractivity (Wildman–Crippen MR) is 107 cm³/mol. The summed E-state index contributed by atoms with van der Waals surface area (Å²) < 4.78 is 0.527. The number of likely N-dealkylation sites (N-methyl/N-ethyl adjacent to an activating group) is 1. The normalized spacial score (nSPS) is 16.5. The first-order valence-corrected chi connectivity index (χ1v) is 11.0. The molecule has 1 aromatic heterocycles. The second-order valence-electron chi connectivity index (χ2n) is 5.94. The summed E-state index contributed by atoms with van der Waals surface area (Å²) in [5.41, 5.74) is 3.29. The average molecular weight is 379 g/mol. The lowest BCUT2D eigenvalue weighted by atomic mass is 10.1. The Bertz CT molecular complexity index is 649. The van der Waals surface area contributed by atoms with Crippen molar-refractivity contribution in [2.75, 3.05) is 32.1 Å². The second-order valence-corrected chi connectivity index (χ2v) is 9.45. The number of hydrogen-bond donors (Lipinski definition) is 1. The van der Waals surface area contributed by atoms with Crippen molar-refractivity contribution in [3.63, 3.8) is 0 Å². The molecule has 0 unspecified atom stereocenters. The fourth-order valence-corrected chi connectivity index (χ4v) is 6.26. The van der Waals surface area contributed by atoms with E-state index in [1.807, 2.05) is 49.8 Å². The standard InChI is InChI=1S/C18H22N2OS3/c1-20(2)16(15-7-8-22-12-15)11-19-17(21)13-3-5-14(6-4-13)18-23-9-10-24-18/h3-8,12,16,18H,9-11H2,1-2H3,(H,19,21)/t16-/m1/s1. The van der Waals surface area contributed by atoms with Gasteiger partial charge < -0.3 is 10.2 Å². The minimum absolute atomic E-state index is 0.00430. The minimum atomic E-state index is -0.00430. The van der Waals surface area contributed by atoms with Gasteiger partial charge in [-0.25, -0.2) is 0 Å². The molecule has 0 spiro atoms. The van der Waals surface area contributed by atoms with E-state index in [-0.39, 0.29) is 11.9 Å². The van der Waals surface area contributed by atoms with Crippen LogP contribution in [0.1, 0.15) is 32.1 Å². The molecule has 1 aliphatic rings. The number of thiophene rings is 1. The van der Waals surface area contributed by atoms with Gasteiger partial charge >= 0.3 is 0 Å². The molecule has 2 aromatic rings. The zero-order chi connectivity index (χ0) is 16.9. The molecule has 2 heterocycles. The number of nitrogens with one attached hydrogen (secondary N) is 1. The molecule has 128 valence electrons. The van der Waals surface area contributed by atoms with Crippen molar-refractivity contribution in [2.24, 2.45) is 0 Å². The Kier molecular flexibility index (Phi) is 6.27. The van der Waals surface area contributed by atoms with Gasteiger partial charge in [0.15, 0.2) is 0 Å². The van der Waals surface area contributed by atoms with Crippen LogP contribution in [0.3, 0.4) is 0 Å². The Morgan fingerprint density at radius 1 is 1.21 bits per heavy atom. The first-order valence-electron chi connectivity index (χ1n) is 7.95. The molecule has 0 radical (unpaired) electrons. The Hall–Kier alpha value is -0.950. The number of hydrogen-bond acceptors (Lipinski definition) is 5. The predicted octanol–water partition coefficient (Wildman–Crippen LogP) is 4.26. The van der Waals surface area contributed by atoms with Gasteiger partial charge in [0.1, 0.15) is 0 Å². The van der Waals surface area contributed by atoms with Crippen LogP contribution in [-0.2, 0) is 0 Å². The lowest BCUT2D eigenvalue weighted by Crippen LogP contribution is -2.34. The van der Waals surface area contributed by atoms with Crippen molar-refractivity contribution in [2.45, 2.75) is 10.6 Å². The molecular weight excluding hydrogens is 356 g/mol. The number of amides is 1. The third-order valence-electron chi connectivity index (χ3n) is 4.07. The van der Waals surface area contributed by atoms with Crippen LogP contribution in [0.25, 0.3) is 0 Å². The van der Waals surface area contributed by atoms with E-state index in [0.29, 0.717) is 11.1 Å². The molecule has 0 saturated carbocycles. The molecule has 6 heteroatoms. The fraction of sp³-hybridized carbons (Fsp3) is 0.389. The van der Waals surface area contributed by atoms with Gasteiger partial charge in [-0.3, -0.25) is 4.79 Å². The number of nitrogens with zero attached hydrogens (tertiary/aromatic N) is 1. The summed E-state index contributed by atoms with van der Waals surface area (Å²) in [6.45, 7) is 0.610. The highest BCUT2D eigenvalue weighted by atomic mass is 32.2. The lowest BCUT2D eigenvalue weighted by Gasteiger charge is -2.24. The molecule has 1 fully saturated rings. The van der Waals surface area contributed by atoms with Crippen LogP contribution in [0, 0.1) is 0 Å². The fourth-order valence-electron chi connectivity index (χ4n) is 2.70. The zero-order valence-electron chi connectivity index (χ0n) is 13.9. The van der Waals surface area contributed by atoms with Gasteiger partial charge in [-0.15, -0.1) is 23.5 Å². The van der Waals surface area contributed by atoms with Gasteiger partial charge in [-0.1, -0.05) is 12.1 Å². The van der Waals surface area contributed by atoms with E-state index in [2.05, 4.69) is 39.2 Å². The second kappa shape index (κ2) is 8.43. The molecule has 3 nitrogen and oxygen atoms in total. The maximum absolute atomic E-state index is 12.4. The highest BCUT2D eigenvalue weighted by Crippen LogP contribution is 2.45. The van der Waals surface area contributed by atoms with Crippen LogP contribution >= 0.6 is 34.9 Å². The molecule has 0 aliphatic carbocycles. The van der Waals surface area contributed by atoms with Gasteiger partial charge in [-0.2, -0.15) is 11.3 Å². The van der Waals surface area contributed by atoms with Gasteiger partial charge in [0.2, 0.25) is 0 Å². The quantitative estimate of drug-likeness (QED) is 0.814. The number of carbonyl (C=O) groups excluding carboxylic acids is 1. The van der Waals surface area contributed by atoms with E-state index < -0.39 is 0 Å². The SMILES string of the molecule is CN(C)[C@H](CNC(=O)c1ccc(C2SCCS2)cc1)c1ccsc1.